The molecule has 23 heteroatoms. The van der Waals surface area contributed by atoms with Crippen LogP contribution in [0.2, 0.25) is 0 Å². The molecule has 0 aromatic carbocycles. The third-order valence-corrected chi connectivity index (χ3v) is 19.6. The van der Waals surface area contributed by atoms with Gasteiger partial charge in [0.15, 0.2) is 30.9 Å². The van der Waals surface area contributed by atoms with Gasteiger partial charge in [-0.1, -0.05) is 39.3 Å². The van der Waals surface area contributed by atoms with Crippen LogP contribution in [0.15, 0.2) is 11.6 Å². The van der Waals surface area contributed by atoms with Crippen molar-refractivity contribution in [3.05, 3.63) is 11.6 Å². The van der Waals surface area contributed by atoms with Gasteiger partial charge >= 0.3 is 0 Å². The highest BCUT2D eigenvalue weighted by molar-refractivity contribution is 5.29. The quantitative estimate of drug-likeness (QED) is 0.0778. The van der Waals surface area contributed by atoms with E-state index in [-0.39, 0.29) is 47.7 Å². The molecule has 9 rings (SSSR count). The molecule has 9 aliphatic rings. The number of allylic oxidation sites excluding steroid dienone is 1. The van der Waals surface area contributed by atoms with E-state index in [1.807, 2.05) is 13.8 Å². The van der Waals surface area contributed by atoms with Crippen LogP contribution in [0.25, 0.3) is 0 Å². The van der Waals surface area contributed by atoms with E-state index in [0.717, 1.165) is 12.0 Å². The Morgan fingerprint density at radius 1 is 0.635 bits per heavy atom. The van der Waals surface area contributed by atoms with E-state index in [4.69, 9.17) is 42.6 Å². The van der Waals surface area contributed by atoms with Crippen LogP contribution >= 0.6 is 0 Å². The van der Waals surface area contributed by atoms with Crippen LogP contribution in [0.5, 0.6) is 0 Å². The highest BCUT2D eigenvalue weighted by Gasteiger charge is 2.74. The topological polar surface area (TPSA) is 366 Å². The van der Waals surface area contributed by atoms with Crippen molar-refractivity contribution in [2.45, 2.75) is 246 Å². The van der Waals surface area contributed by atoms with Gasteiger partial charge in [0.2, 0.25) is 0 Å². The molecule has 31 unspecified atom stereocenters. The molecular formula is C51H84O23. The van der Waals surface area contributed by atoms with Crippen molar-refractivity contribution in [3.8, 4) is 0 Å². The third-order valence-electron chi connectivity index (χ3n) is 19.6. The Morgan fingerprint density at radius 2 is 1.22 bits per heavy atom. The lowest BCUT2D eigenvalue weighted by molar-refractivity contribution is -0.388. The van der Waals surface area contributed by atoms with E-state index in [9.17, 15) is 71.5 Å². The number of hydrogen-bond acceptors (Lipinski definition) is 23. The van der Waals surface area contributed by atoms with Gasteiger partial charge in [-0.2, -0.15) is 0 Å². The summed E-state index contributed by atoms with van der Waals surface area (Å²) in [6.07, 6.45) is -23.1. The molecule has 426 valence electrons. The van der Waals surface area contributed by atoms with Crippen LogP contribution in [-0.4, -0.2) is 238 Å². The van der Waals surface area contributed by atoms with E-state index >= 15 is 0 Å². The Bertz CT molecular complexity index is 1950. The van der Waals surface area contributed by atoms with Crippen molar-refractivity contribution >= 4 is 0 Å². The SMILES string of the molecule is CC(CCC1(O)OC2CC3(O)C4CC=C5CC(OC6OC(CO)C(OC7OC(C)C(O)C(O)C7O)C(O)C6OC6OC(C)C(O)C(O)C6O)CCC5(C)C4CCC3(C)C2C1C)COC1OC(CO)C(O)C(O)C1O. The molecule has 5 aliphatic heterocycles. The normalized spacial score (nSPS) is 55.9. The smallest absolute Gasteiger partial charge is 0.187 e. The van der Waals surface area contributed by atoms with Gasteiger partial charge in [0, 0.05) is 30.1 Å². The van der Waals surface area contributed by atoms with Crippen LogP contribution in [-0.2, 0) is 42.6 Å². The fourth-order valence-electron chi connectivity index (χ4n) is 14.9. The average molecular weight is 1070 g/mol. The predicted molar refractivity (Wildman–Crippen MR) is 250 cm³/mol. The molecule has 0 aromatic heterocycles. The molecule has 8 fully saturated rings. The molecule has 0 radical (unpaired) electrons. The van der Waals surface area contributed by atoms with Gasteiger partial charge in [-0.15, -0.1) is 0 Å². The molecule has 74 heavy (non-hydrogen) atoms. The summed E-state index contributed by atoms with van der Waals surface area (Å²) in [5.41, 5.74) is -0.837. The number of hydrogen-bond donors (Lipinski definition) is 14. The standard InChI is InChI=1S/C51H84O23/c1-20(19-66-44-38(60)37(59)34(56)29(17-52)70-44)9-14-51(65)21(2)31-28(74-51)16-50(64)27-8-7-24-15-25(10-12-48(24,5)26(27)11-13-49(31,50)6)69-47-43(73-46-40(62)36(58)33(55)23(4)68-46)41(63)42(30(18-53)71-47)72-45-39(61)35(57)32(54)22(3)67-45/h7,20-23,25-47,52-65H,8-19H2,1-6H3. The van der Waals surface area contributed by atoms with Crippen LogP contribution in [0.4, 0.5) is 0 Å². The molecule has 14 N–H and O–H groups in total. The van der Waals surface area contributed by atoms with Gasteiger partial charge in [-0.25, -0.2) is 0 Å². The molecule has 0 bridgehead atoms. The molecule has 31 atom stereocenters. The summed E-state index contributed by atoms with van der Waals surface area (Å²) in [6.45, 7) is 10.1. The Kier molecular flexibility index (Phi) is 16.9. The van der Waals surface area contributed by atoms with Gasteiger partial charge in [0.1, 0.15) is 85.5 Å². The molecule has 0 aromatic rings. The maximum atomic E-state index is 13.1. The summed E-state index contributed by atoms with van der Waals surface area (Å²) < 4.78 is 54.4. The summed E-state index contributed by atoms with van der Waals surface area (Å²) in [4.78, 5) is 0. The highest BCUT2D eigenvalue weighted by Crippen LogP contribution is 2.71. The molecule has 0 spiro atoms. The summed E-state index contributed by atoms with van der Waals surface area (Å²) in [5.74, 6) is -2.04. The van der Waals surface area contributed by atoms with Gasteiger partial charge in [0.05, 0.1) is 49.8 Å². The lowest BCUT2D eigenvalue weighted by Crippen LogP contribution is -2.66. The minimum absolute atomic E-state index is 0.101. The first-order valence-corrected chi connectivity index (χ1v) is 26.9. The van der Waals surface area contributed by atoms with Gasteiger partial charge in [-0.3, -0.25) is 0 Å². The summed E-state index contributed by atoms with van der Waals surface area (Å²) in [5, 5.41) is 152. The number of aliphatic hydroxyl groups is 14. The van der Waals surface area contributed by atoms with Gasteiger partial charge in [0.25, 0.3) is 0 Å². The average Bonchev–Trinajstić information content (AvgIpc) is 3.76. The number of fused-ring (bicyclic) bond motifs is 7. The fraction of sp³-hybridized carbons (Fsp3) is 0.961. The predicted octanol–water partition coefficient (Wildman–Crippen LogP) is -2.86. The number of aliphatic hydroxyl groups excluding tert-OH is 12. The third kappa shape index (κ3) is 9.79. The second kappa shape index (κ2) is 21.7. The second-order valence-corrected chi connectivity index (χ2v) is 24.0. The van der Waals surface area contributed by atoms with E-state index < -0.39 is 159 Å². The second-order valence-electron chi connectivity index (χ2n) is 24.0. The molecule has 4 aliphatic carbocycles. The fourth-order valence-corrected chi connectivity index (χ4v) is 14.9. The van der Waals surface area contributed by atoms with Crippen LogP contribution in [0.3, 0.4) is 0 Å². The first kappa shape index (κ1) is 57.5. The van der Waals surface area contributed by atoms with Crippen LogP contribution < -0.4 is 0 Å². The monoisotopic (exact) mass is 1060 g/mol. The minimum atomic E-state index is -1.77. The highest BCUT2D eigenvalue weighted by atomic mass is 16.8. The summed E-state index contributed by atoms with van der Waals surface area (Å²) in [7, 11) is 0. The zero-order chi connectivity index (χ0) is 53.7. The molecule has 23 nitrogen and oxygen atoms in total. The Balaban J connectivity index is 0.860. The van der Waals surface area contributed by atoms with Gasteiger partial charge in [-0.05, 0) is 82.0 Å². The zero-order valence-corrected chi connectivity index (χ0v) is 43.1. The van der Waals surface area contributed by atoms with E-state index in [1.54, 1.807) is 0 Å². The maximum absolute atomic E-state index is 13.1. The van der Waals surface area contributed by atoms with Crippen molar-refractivity contribution in [2.24, 2.45) is 40.4 Å². The Hall–Kier alpha value is -1.18. The molecule has 5 heterocycles. The maximum Gasteiger partial charge on any atom is 0.187 e. The Morgan fingerprint density at radius 3 is 1.84 bits per heavy atom. The summed E-state index contributed by atoms with van der Waals surface area (Å²) in [6, 6.07) is 0. The van der Waals surface area contributed by atoms with E-state index in [2.05, 4.69) is 19.9 Å². The lowest BCUT2D eigenvalue weighted by Gasteiger charge is -2.61. The Labute approximate surface area is 430 Å². The van der Waals surface area contributed by atoms with Crippen LogP contribution in [0.1, 0.15) is 99.3 Å². The minimum Gasteiger partial charge on any atom is -0.394 e. The molecule has 0 amide bonds. The van der Waals surface area contributed by atoms with E-state index in [1.165, 1.54) is 13.8 Å². The van der Waals surface area contributed by atoms with Crippen molar-refractivity contribution in [1.29, 1.82) is 0 Å². The van der Waals surface area contributed by atoms with E-state index in [0.29, 0.717) is 51.4 Å². The lowest BCUT2D eigenvalue weighted by atomic mass is 9.45. The molecule has 5 saturated heterocycles. The van der Waals surface area contributed by atoms with Crippen molar-refractivity contribution in [3.63, 3.8) is 0 Å². The van der Waals surface area contributed by atoms with Crippen molar-refractivity contribution in [2.75, 3.05) is 19.8 Å². The van der Waals surface area contributed by atoms with Crippen LogP contribution in [0, 0.1) is 40.4 Å². The first-order chi connectivity index (χ1) is 34.8. The van der Waals surface area contributed by atoms with Crippen molar-refractivity contribution < 1.29 is 114 Å². The molecule has 3 saturated carbocycles. The largest absolute Gasteiger partial charge is 0.394 e. The van der Waals surface area contributed by atoms with Gasteiger partial charge < -0.3 is 114 Å². The summed E-state index contributed by atoms with van der Waals surface area (Å²) >= 11 is 0. The van der Waals surface area contributed by atoms with Crippen molar-refractivity contribution in [1.82, 2.24) is 0 Å². The zero-order valence-electron chi connectivity index (χ0n) is 43.1. The molecular weight excluding hydrogens is 981 g/mol. The number of ether oxygens (including phenoxy) is 9. The number of rotatable bonds is 14. The first-order valence-electron chi connectivity index (χ1n) is 26.9.